The van der Waals surface area contributed by atoms with Crippen molar-refractivity contribution in [2.45, 2.75) is 20.8 Å². The first-order valence-electron chi connectivity index (χ1n) is 7.15. The van der Waals surface area contributed by atoms with Gasteiger partial charge in [0.15, 0.2) is 9.84 Å². The number of amides is 1. The van der Waals surface area contributed by atoms with E-state index in [0.717, 1.165) is 18.7 Å². The summed E-state index contributed by atoms with van der Waals surface area (Å²) in [6.07, 6.45) is 0. The zero-order valence-corrected chi connectivity index (χ0v) is 13.7. The van der Waals surface area contributed by atoms with Gasteiger partial charge in [-0.25, -0.2) is 8.42 Å². The van der Waals surface area contributed by atoms with Gasteiger partial charge in [-0.15, -0.1) is 0 Å². The second kappa shape index (κ2) is 8.14. The molecule has 118 valence electrons. The summed E-state index contributed by atoms with van der Waals surface area (Å²) >= 11 is 0. The minimum Gasteiger partial charge on any atom is -0.325 e. The molecule has 0 heterocycles. The molecule has 0 aliphatic heterocycles. The van der Waals surface area contributed by atoms with E-state index >= 15 is 0 Å². The van der Waals surface area contributed by atoms with E-state index < -0.39 is 21.5 Å². The van der Waals surface area contributed by atoms with Crippen molar-refractivity contribution in [3.8, 4) is 0 Å². The van der Waals surface area contributed by atoms with Gasteiger partial charge in [-0.2, -0.15) is 0 Å². The SMILES string of the molecule is CCN(CC)CCS(=O)(=O)CC(=O)Nc1cccc(C)c1. The van der Waals surface area contributed by atoms with Crippen LogP contribution in [0, 0.1) is 6.92 Å². The van der Waals surface area contributed by atoms with Gasteiger partial charge < -0.3 is 10.2 Å². The maximum Gasteiger partial charge on any atom is 0.239 e. The molecule has 0 unspecified atom stereocenters. The third kappa shape index (κ3) is 6.73. The lowest BCUT2D eigenvalue weighted by atomic mass is 10.2. The molecule has 0 spiro atoms. The Labute approximate surface area is 127 Å². The lowest BCUT2D eigenvalue weighted by molar-refractivity contribution is -0.113. The van der Waals surface area contributed by atoms with Crippen LogP contribution in [-0.4, -0.2) is 50.4 Å². The minimum atomic E-state index is -3.38. The van der Waals surface area contributed by atoms with E-state index in [-0.39, 0.29) is 5.75 Å². The number of hydrogen-bond donors (Lipinski definition) is 1. The highest BCUT2D eigenvalue weighted by Gasteiger charge is 2.17. The molecule has 21 heavy (non-hydrogen) atoms. The maximum atomic E-state index is 11.9. The molecular weight excluding hydrogens is 288 g/mol. The number of carbonyl (C=O) groups is 1. The molecule has 0 fully saturated rings. The zero-order chi connectivity index (χ0) is 15.9. The van der Waals surface area contributed by atoms with E-state index in [1.54, 1.807) is 12.1 Å². The van der Waals surface area contributed by atoms with E-state index in [2.05, 4.69) is 5.32 Å². The third-order valence-electron chi connectivity index (χ3n) is 3.27. The first kappa shape index (κ1) is 17.7. The van der Waals surface area contributed by atoms with Crippen LogP contribution in [0.3, 0.4) is 0 Å². The number of nitrogens with one attached hydrogen (secondary N) is 1. The molecule has 0 aliphatic rings. The van der Waals surface area contributed by atoms with E-state index in [9.17, 15) is 13.2 Å². The number of benzene rings is 1. The molecule has 0 saturated heterocycles. The van der Waals surface area contributed by atoms with Gasteiger partial charge in [0, 0.05) is 12.2 Å². The molecule has 0 aromatic heterocycles. The van der Waals surface area contributed by atoms with Crippen molar-refractivity contribution in [2.24, 2.45) is 0 Å². The summed E-state index contributed by atoms with van der Waals surface area (Å²) < 4.78 is 23.9. The minimum absolute atomic E-state index is 0.00984. The molecule has 1 rings (SSSR count). The first-order valence-corrected chi connectivity index (χ1v) is 8.97. The smallest absolute Gasteiger partial charge is 0.239 e. The largest absolute Gasteiger partial charge is 0.325 e. The van der Waals surface area contributed by atoms with Crippen molar-refractivity contribution < 1.29 is 13.2 Å². The van der Waals surface area contributed by atoms with Crippen LogP contribution in [0.5, 0.6) is 0 Å². The Morgan fingerprint density at radius 3 is 2.48 bits per heavy atom. The molecule has 1 N–H and O–H groups in total. The predicted octanol–water partition coefficient (Wildman–Crippen LogP) is 1.69. The summed E-state index contributed by atoms with van der Waals surface area (Å²) in [5.41, 5.74) is 1.64. The molecule has 1 amide bonds. The van der Waals surface area contributed by atoms with Gasteiger partial charge >= 0.3 is 0 Å². The molecule has 0 atom stereocenters. The van der Waals surface area contributed by atoms with Gasteiger partial charge in [-0.1, -0.05) is 26.0 Å². The number of carbonyl (C=O) groups excluding carboxylic acids is 1. The third-order valence-corrected chi connectivity index (χ3v) is 4.77. The number of nitrogens with zero attached hydrogens (tertiary/aromatic N) is 1. The van der Waals surface area contributed by atoms with Crippen LogP contribution in [0.25, 0.3) is 0 Å². The number of hydrogen-bond acceptors (Lipinski definition) is 4. The average Bonchev–Trinajstić information content (AvgIpc) is 2.38. The molecule has 0 aliphatic carbocycles. The van der Waals surface area contributed by atoms with Crippen molar-refractivity contribution in [1.82, 2.24) is 4.90 Å². The predicted molar refractivity (Wildman–Crippen MR) is 86.3 cm³/mol. The summed E-state index contributed by atoms with van der Waals surface area (Å²) in [5, 5.41) is 2.62. The second-order valence-corrected chi connectivity index (χ2v) is 7.22. The topological polar surface area (TPSA) is 66.5 Å². The van der Waals surface area contributed by atoms with Crippen molar-refractivity contribution in [1.29, 1.82) is 0 Å². The van der Waals surface area contributed by atoms with E-state index in [4.69, 9.17) is 0 Å². The Morgan fingerprint density at radius 2 is 1.90 bits per heavy atom. The van der Waals surface area contributed by atoms with E-state index in [1.165, 1.54) is 0 Å². The van der Waals surface area contributed by atoms with Crippen LogP contribution < -0.4 is 5.32 Å². The van der Waals surface area contributed by atoms with Gasteiger partial charge in [0.25, 0.3) is 0 Å². The molecular formula is C15H24N2O3S. The van der Waals surface area contributed by atoms with Gasteiger partial charge in [0.05, 0.1) is 5.75 Å². The number of anilines is 1. The zero-order valence-electron chi connectivity index (χ0n) is 12.9. The summed E-state index contributed by atoms with van der Waals surface area (Å²) in [6, 6.07) is 7.28. The fourth-order valence-electron chi connectivity index (χ4n) is 2.00. The van der Waals surface area contributed by atoms with Crippen LogP contribution >= 0.6 is 0 Å². The van der Waals surface area contributed by atoms with Crippen molar-refractivity contribution in [2.75, 3.05) is 36.5 Å². The molecule has 1 aromatic carbocycles. The Hall–Kier alpha value is -1.40. The van der Waals surface area contributed by atoms with Gasteiger partial charge in [-0.3, -0.25) is 4.79 Å². The van der Waals surface area contributed by atoms with Gasteiger partial charge in [0.1, 0.15) is 5.75 Å². The molecule has 1 aromatic rings. The van der Waals surface area contributed by atoms with Gasteiger partial charge in [-0.05, 0) is 37.7 Å². The summed E-state index contributed by atoms with van der Waals surface area (Å²) in [4.78, 5) is 13.8. The highest BCUT2D eigenvalue weighted by molar-refractivity contribution is 7.92. The second-order valence-electron chi connectivity index (χ2n) is 5.04. The van der Waals surface area contributed by atoms with E-state index in [0.29, 0.717) is 12.2 Å². The Balaban J connectivity index is 2.53. The van der Waals surface area contributed by atoms with Crippen molar-refractivity contribution in [3.05, 3.63) is 29.8 Å². The monoisotopic (exact) mass is 312 g/mol. The molecule has 6 heteroatoms. The quantitative estimate of drug-likeness (QED) is 0.793. The Bertz CT molecular complexity index is 566. The molecule has 0 bridgehead atoms. The fourth-order valence-corrected chi connectivity index (χ4v) is 3.15. The number of rotatable bonds is 8. The maximum absolute atomic E-state index is 11.9. The number of aryl methyl sites for hydroxylation is 1. The van der Waals surface area contributed by atoms with Crippen LogP contribution in [0.15, 0.2) is 24.3 Å². The molecule has 0 radical (unpaired) electrons. The lowest BCUT2D eigenvalue weighted by Gasteiger charge is -2.17. The fraction of sp³-hybridized carbons (Fsp3) is 0.533. The number of sulfone groups is 1. The van der Waals surface area contributed by atoms with Crippen LogP contribution in [0.1, 0.15) is 19.4 Å². The summed E-state index contributed by atoms with van der Waals surface area (Å²) in [6.45, 7) is 7.97. The van der Waals surface area contributed by atoms with Gasteiger partial charge in [0.2, 0.25) is 5.91 Å². The van der Waals surface area contributed by atoms with Crippen LogP contribution in [0.2, 0.25) is 0 Å². The van der Waals surface area contributed by atoms with Crippen molar-refractivity contribution >= 4 is 21.4 Å². The Kier molecular flexibility index (Phi) is 6.84. The molecule has 5 nitrogen and oxygen atoms in total. The standard InChI is InChI=1S/C15H24N2O3S/c1-4-17(5-2)9-10-21(19,20)12-15(18)16-14-8-6-7-13(3)11-14/h6-8,11H,4-5,9-10,12H2,1-3H3,(H,16,18). The highest BCUT2D eigenvalue weighted by Crippen LogP contribution is 2.09. The Morgan fingerprint density at radius 1 is 1.24 bits per heavy atom. The normalized spacial score (nSPS) is 11.6. The van der Waals surface area contributed by atoms with Crippen LogP contribution in [-0.2, 0) is 14.6 Å². The lowest BCUT2D eigenvalue weighted by Crippen LogP contribution is -2.32. The van der Waals surface area contributed by atoms with Crippen molar-refractivity contribution in [3.63, 3.8) is 0 Å². The highest BCUT2D eigenvalue weighted by atomic mass is 32.2. The van der Waals surface area contributed by atoms with E-state index in [1.807, 2.05) is 37.8 Å². The summed E-state index contributed by atoms with van der Waals surface area (Å²) in [7, 11) is -3.38. The molecule has 0 saturated carbocycles. The van der Waals surface area contributed by atoms with Crippen LogP contribution in [0.4, 0.5) is 5.69 Å². The first-order chi connectivity index (χ1) is 9.86. The average molecular weight is 312 g/mol. The summed E-state index contributed by atoms with van der Waals surface area (Å²) in [5.74, 6) is -0.946.